The minimum atomic E-state index is -0.203. The summed E-state index contributed by atoms with van der Waals surface area (Å²) in [6.07, 6.45) is 8.44. The van der Waals surface area contributed by atoms with Crippen molar-refractivity contribution in [3.63, 3.8) is 0 Å². The van der Waals surface area contributed by atoms with E-state index in [0.717, 1.165) is 33.4 Å². The summed E-state index contributed by atoms with van der Waals surface area (Å²) in [5, 5.41) is 6.49. The third kappa shape index (κ3) is 7.32. The van der Waals surface area contributed by atoms with Gasteiger partial charge in [-0.2, -0.15) is 0 Å². The second-order valence-corrected chi connectivity index (χ2v) is 11.0. The Morgan fingerprint density at radius 1 is 0.476 bits per heavy atom. The van der Waals surface area contributed by atoms with Gasteiger partial charge in [-0.3, -0.25) is 9.59 Å². The molecule has 0 aliphatic carbocycles. The lowest BCUT2D eigenvalue weighted by Crippen LogP contribution is -2.33. The Hall–Kier alpha value is -4.70. The summed E-state index contributed by atoms with van der Waals surface area (Å²) < 4.78 is 0. The Morgan fingerprint density at radius 3 is 1.17 bits per heavy atom. The number of amides is 2. The summed E-state index contributed by atoms with van der Waals surface area (Å²) in [5.41, 5.74) is 6.65. The molecule has 42 heavy (non-hydrogen) atoms. The van der Waals surface area contributed by atoms with Gasteiger partial charge < -0.3 is 10.6 Å². The van der Waals surface area contributed by atoms with Crippen LogP contribution in [0.3, 0.4) is 0 Å². The minimum Gasteiger partial charge on any atom is -0.348 e. The Balaban J connectivity index is 1.33. The van der Waals surface area contributed by atoms with Crippen LogP contribution in [0.1, 0.15) is 49.9 Å². The highest BCUT2D eigenvalue weighted by atomic mass is 16.2. The van der Waals surface area contributed by atoms with Gasteiger partial charge in [-0.15, -0.1) is 0 Å². The van der Waals surface area contributed by atoms with Crippen molar-refractivity contribution in [3.05, 3.63) is 145 Å². The summed E-state index contributed by atoms with van der Waals surface area (Å²) in [4.78, 5) is 26.2. The van der Waals surface area contributed by atoms with E-state index in [1.54, 1.807) is 0 Å². The molecule has 0 saturated heterocycles. The van der Waals surface area contributed by atoms with Crippen molar-refractivity contribution in [1.82, 2.24) is 10.6 Å². The van der Waals surface area contributed by atoms with Crippen molar-refractivity contribution in [3.8, 4) is 22.3 Å². The van der Waals surface area contributed by atoms with Crippen LogP contribution in [0.4, 0.5) is 0 Å². The van der Waals surface area contributed by atoms with Crippen LogP contribution >= 0.6 is 0 Å². The fraction of sp³-hybridized carbons (Fsp3) is 0.211. The summed E-state index contributed by atoms with van der Waals surface area (Å²) in [7, 11) is 0. The molecule has 4 atom stereocenters. The Bertz CT molecular complexity index is 1410. The van der Waals surface area contributed by atoms with Gasteiger partial charge in [-0.25, -0.2) is 0 Å². The fourth-order valence-corrected chi connectivity index (χ4v) is 5.53. The van der Waals surface area contributed by atoms with E-state index >= 15 is 0 Å². The standard InChI is InChI=1S/C38H38N2O2/c1-27-11-9-17-36(42)40-38(34-25-21-32(22-26-34)30-15-7-4-8-16-30)28(2)12-10-18-35(41)39-37(27)33-23-19-31(20-24-33)29-13-5-3-6-14-29/h3-16,19-28,37-38H,17-18H2,1-2H3,(H,39,41)(H,40,42)/b11-9+,12-10+/t27-,28-,37+,38+/m1/s1. The van der Waals surface area contributed by atoms with Crippen molar-refractivity contribution < 1.29 is 9.59 Å². The largest absolute Gasteiger partial charge is 0.348 e. The second kappa shape index (κ2) is 13.8. The van der Waals surface area contributed by atoms with Crippen LogP contribution in [0.2, 0.25) is 0 Å². The molecule has 1 heterocycles. The van der Waals surface area contributed by atoms with E-state index in [1.165, 1.54) is 0 Å². The smallest absolute Gasteiger partial charge is 0.224 e. The lowest BCUT2D eigenvalue weighted by Gasteiger charge is -2.25. The third-order valence-electron chi connectivity index (χ3n) is 7.92. The highest BCUT2D eigenvalue weighted by Crippen LogP contribution is 2.29. The Morgan fingerprint density at radius 2 is 0.810 bits per heavy atom. The van der Waals surface area contributed by atoms with Gasteiger partial charge in [0.1, 0.15) is 0 Å². The Kier molecular flexibility index (Phi) is 9.45. The maximum atomic E-state index is 13.1. The van der Waals surface area contributed by atoms with E-state index in [1.807, 2.05) is 60.7 Å². The number of nitrogens with one attached hydrogen (secondary N) is 2. The highest BCUT2D eigenvalue weighted by Gasteiger charge is 2.22. The molecule has 4 nitrogen and oxygen atoms in total. The van der Waals surface area contributed by atoms with Gasteiger partial charge in [0.15, 0.2) is 0 Å². The molecule has 4 aromatic rings. The van der Waals surface area contributed by atoms with Crippen molar-refractivity contribution >= 4 is 11.8 Å². The summed E-state index contributed by atoms with van der Waals surface area (Å²) in [5.74, 6) is -0.0608. The molecule has 1 aliphatic heterocycles. The van der Waals surface area contributed by atoms with Gasteiger partial charge >= 0.3 is 0 Å². The first kappa shape index (κ1) is 28.8. The highest BCUT2D eigenvalue weighted by molar-refractivity contribution is 5.79. The summed E-state index contributed by atoms with van der Waals surface area (Å²) >= 11 is 0. The molecule has 0 bridgehead atoms. The van der Waals surface area contributed by atoms with Crippen molar-refractivity contribution in [2.24, 2.45) is 11.8 Å². The number of carbonyl (C=O) groups excluding carboxylic acids is 2. The summed E-state index contributed by atoms with van der Waals surface area (Å²) in [6, 6.07) is 36.8. The van der Waals surface area contributed by atoms with Crippen LogP contribution in [0.25, 0.3) is 22.3 Å². The van der Waals surface area contributed by atoms with Gasteiger partial charge in [0, 0.05) is 12.8 Å². The van der Waals surface area contributed by atoms with Crippen molar-refractivity contribution in [1.29, 1.82) is 0 Å². The first-order chi connectivity index (χ1) is 20.5. The number of rotatable bonds is 4. The predicted molar refractivity (Wildman–Crippen MR) is 171 cm³/mol. The minimum absolute atomic E-state index is 0.00324. The molecule has 2 amide bonds. The Labute approximate surface area is 249 Å². The number of benzene rings is 4. The first-order valence-corrected chi connectivity index (χ1v) is 14.7. The number of hydrogen-bond acceptors (Lipinski definition) is 2. The number of carbonyl (C=O) groups is 2. The van der Waals surface area contributed by atoms with E-state index in [4.69, 9.17) is 0 Å². The molecule has 0 saturated carbocycles. The summed E-state index contributed by atoms with van der Waals surface area (Å²) in [6.45, 7) is 4.15. The normalized spacial score (nSPS) is 23.2. The molecule has 1 aliphatic rings. The van der Waals surface area contributed by atoms with Crippen LogP contribution in [-0.4, -0.2) is 11.8 Å². The van der Waals surface area contributed by atoms with E-state index < -0.39 is 0 Å². The van der Waals surface area contributed by atoms with Gasteiger partial charge in [0.25, 0.3) is 0 Å². The first-order valence-electron chi connectivity index (χ1n) is 14.7. The molecule has 0 spiro atoms. The molecule has 0 fully saturated rings. The van der Waals surface area contributed by atoms with Crippen LogP contribution < -0.4 is 10.6 Å². The molecule has 212 valence electrons. The molecule has 2 N–H and O–H groups in total. The van der Waals surface area contributed by atoms with Crippen LogP contribution in [-0.2, 0) is 9.59 Å². The van der Waals surface area contributed by atoms with Crippen LogP contribution in [0.15, 0.2) is 133 Å². The zero-order valence-corrected chi connectivity index (χ0v) is 24.2. The lowest BCUT2D eigenvalue weighted by atomic mass is 9.91. The average molecular weight is 555 g/mol. The molecule has 0 radical (unpaired) electrons. The fourth-order valence-electron chi connectivity index (χ4n) is 5.53. The van der Waals surface area contributed by atoms with Gasteiger partial charge in [-0.1, -0.05) is 147 Å². The molecule has 4 heteroatoms. The maximum Gasteiger partial charge on any atom is 0.224 e. The quantitative estimate of drug-likeness (QED) is 0.250. The van der Waals surface area contributed by atoms with Gasteiger partial charge in [0.05, 0.1) is 12.1 Å². The van der Waals surface area contributed by atoms with Gasteiger partial charge in [0.2, 0.25) is 11.8 Å². The van der Waals surface area contributed by atoms with E-state index in [2.05, 4.69) is 97.3 Å². The molecular weight excluding hydrogens is 516 g/mol. The third-order valence-corrected chi connectivity index (χ3v) is 7.92. The van der Waals surface area contributed by atoms with E-state index in [-0.39, 0.29) is 48.6 Å². The SMILES string of the molecule is C[C@@H]1/C=C/CC(=O)N[C@H](c2ccc(-c3ccccc3)cc2)[C@H](C)/C=C/CC(=O)N[C@@H]1c1ccc(-c2ccccc2)cc1. The maximum absolute atomic E-state index is 13.1. The van der Waals surface area contributed by atoms with Gasteiger partial charge in [-0.05, 0) is 45.2 Å². The van der Waals surface area contributed by atoms with E-state index in [9.17, 15) is 9.59 Å². The van der Waals surface area contributed by atoms with Crippen molar-refractivity contribution in [2.75, 3.05) is 0 Å². The van der Waals surface area contributed by atoms with Crippen LogP contribution in [0.5, 0.6) is 0 Å². The zero-order valence-electron chi connectivity index (χ0n) is 24.2. The average Bonchev–Trinajstić information content (AvgIpc) is 3.03. The zero-order chi connectivity index (χ0) is 29.3. The molecule has 0 aromatic heterocycles. The topological polar surface area (TPSA) is 58.2 Å². The molecule has 4 aromatic carbocycles. The number of hydrogen-bond donors (Lipinski definition) is 2. The van der Waals surface area contributed by atoms with E-state index in [0.29, 0.717) is 0 Å². The van der Waals surface area contributed by atoms with Crippen LogP contribution in [0, 0.1) is 11.8 Å². The molecule has 5 rings (SSSR count). The lowest BCUT2D eigenvalue weighted by molar-refractivity contribution is -0.122. The molecule has 0 unspecified atom stereocenters. The van der Waals surface area contributed by atoms with Crippen molar-refractivity contribution in [2.45, 2.75) is 38.8 Å². The molecular formula is C38H38N2O2. The predicted octanol–water partition coefficient (Wildman–Crippen LogP) is 8.21. The second-order valence-electron chi connectivity index (χ2n) is 11.0. The monoisotopic (exact) mass is 554 g/mol.